The predicted octanol–water partition coefficient (Wildman–Crippen LogP) is 14.8. The number of nitrogens with two attached hydrogens (primary N) is 1. The molecular weight excluding hydrogens is 1130 g/mol. The molecule has 66 heavy (non-hydrogen) atoms. The number of hydrogen-bond donors (Lipinski definition) is 1. The van der Waals surface area contributed by atoms with Crippen LogP contribution in [0.3, 0.4) is 0 Å². The number of fused-ring (bicyclic) bond motifs is 4. The maximum atomic E-state index is 9.88. The zero-order chi connectivity index (χ0) is 47.9. The standard InChI is InChI=1S/C11H24O4.C8H8N2S.C8H4N2S.C7H4BrNS.C7H5NS.C4H3NO2S.Br2/c1-5-12-10(13-6-2)9-11(14-7-3)15-8-4;2*9-4-6-5-11-8-7(6)2-1-3-10-8;8-6-4-10-7-5(6)2-1-3-9-7;1-2-6-3-5-9-7(6)8-4-1;6-5(7)4-2-1-3-8-4;1-2/h10-11H,5-9H2,1-4H3;1-3,5H,4,9H2;1-3,5H;1-4H;1-5H;1-3H;. The highest BCUT2D eigenvalue weighted by Crippen LogP contribution is 2.28. The summed E-state index contributed by atoms with van der Waals surface area (Å²) in [5, 5.41) is 33.0. The van der Waals surface area contributed by atoms with Crippen LogP contribution in [0.2, 0.25) is 0 Å². The molecule has 350 valence electrons. The molecule has 0 radical (unpaired) electrons. The van der Waals surface area contributed by atoms with Gasteiger partial charge in [0.1, 0.15) is 25.4 Å². The first-order valence-electron chi connectivity index (χ1n) is 20.0. The molecule has 0 aromatic carbocycles. The summed E-state index contributed by atoms with van der Waals surface area (Å²) in [6.45, 7) is 10.9. The Balaban J connectivity index is 0.000000210. The van der Waals surface area contributed by atoms with E-state index in [0.717, 1.165) is 46.1 Å². The molecule has 0 bridgehead atoms. The Bertz CT molecular complexity index is 2670. The van der Waals surface area contributed by atoms with Gasteiger partial charge in [-0.2, -0.15) is 5.26 Å². The normalized spacial score (nSPS) is 10.2. The average Bonchev–Trinajstić information content (AvgIpc) is 4.22. The van der Waals surface area contributed by atoms with Crippen LogP contribution in [0, 0.1) is 21.4 Å². The van der Waals surface area contributed by atoms with Crippen LogP contribution in [0.4, 0.5) is 5.00 Å². The number of nitrogens with zero attached hydrogens (tertiary/aromatic N) is 6. The van der Waals surface area contributed by atoms with Gasteiger partial charge in [-0.1, -0.05) is 23.5 Å². The van der Waals surface area contributed by atoms with Gasteiger partial charge in [0.2, 0.25) is 0 Å². The molecule has 0 aliphatic carbocycles. The van der Waals surface area contributed by atoms with Gasteiger partial charge in [0.05, 0.1) is 10.5 Å². The lowest BCUT2D eigenvalue weighted by molar-refractivity contribution is -0.380. The Labute approximate surface area is 427 Å². The minimum absolute atomic E-state index is 0.199. The van der Waals surface area contributed by atoms with Gasteiger partial charge in [-0.25, -0.2) is 19.9 Å². The number of aromatic nitrogens is 4. The molecule has 0 fully saturated rings. The molecule has 0 unspecified atom stereocenters. The third kappa shape index (κ3) is 19.5. The molecule has 0 saturated carbocycles. The second-order valence-electron chi connectivity index (χ2n) is 12.3. The Morgan fingerprint density at radius 3 is 1.64 bits per heavy atom. The lowest BCUT2D eigenvalue weighted by atomic mass is 10.2. The molecule has 9 heterocycles. The zero-order valence-corrected chi connectivity index (χ0v) is 45.2. The van der Waals surface area contributed by atoms with E-state index in [1.54, 1.807) is 57.9 Å². The van der Waals surface area contributed by atoms with Gasteiger partial charge in [-0.15, -0.1) is 45.3 Å². The molecule has 0 aliphatic rings. The summed E-state index contributed by atoms with van der Waals surface area (Å²) in [7, 11) is 0. The van der Waals surface area contributed by atoms with Crippen LogP contribution >= 0.6 is 101 Å². The van der Waals surface area contributed by atoms with Crippen LogP contribution in [0.25, 0.3) is 40.9 Å². The molecule has 9 aromatic heterocycles. The van der Waals surface area contributed by atoms with E-state index in [2.05, 4.69) is 111 Å². The summed E-state index contributed by atoms with van der Waals surface area (Å²) in [4.78, 5) is 30.4. The monoisotopic (exact) mass is 1180 g/mol. The third-order valence-corrected chi connectivity index (χ3v) is 13.5. The number of rotatable bonds is 12. The molecule has 2 N–H and O–H groups in total. The van der Waals surface area contributed by atoms with Gasteiger partial charge in [0, 0.05) is 135 Å². The fraction of sp³-hybridized carbons (Fsp3) is 0.267. The van der Waals surface area contributed by atoms with Crippen LogP contribution < -0.4 is 5.73 Å². The summed E-state index contributed by atoms with van der Waals surface area (Å²) in [5.41, 5.74) is 7.45. The van der Waals surface area contributed by atoms with E-state index in [-0.39, 0.29) is 17.6 Å². The summed E-state index contributed by atoms with van der Waals surface area (Å²) < 4.78 is 22.8. The van der Waals surface area contributed by atoms with E-state index in [9.17, 15) is 10.1 Å². The molecule has 9 aromatic rings. The van der Waals surface area contributed by atoms with E-state index in [0.29, 0.717) is 39.4 Å². The SMILES string of the molecule is BrBr.Brc1csc2ncccc12.CCOC(CC(OCC)OCC)OCC.N#Cc1csc2ncccc12.NCc1csc2ncccc12.O=[N+]([O-])c1cccs1.c1cnc2sccc2c1. The summed E-state index contributed by atoms with van der Waals surface area (Å²) >= 11 is 16.6. The minimum Gasteiger partial charge on any atom is -0.353 e. The number of halogens is 3. The number of nitro groups is 1. The Kier molecular flexibility index (Phi) is 28.9. The first-order chi connectivity index (χ1) is 32.3. The van der Waals surface area contributed by atoms with E-state index in [1.807, 2.05) is 75.8 Å². The first kappa shape index (κ1) is 56.6. The number of nitriles is 1. The highest BCUT2D eigenvalue weighted by atomic mass is 80.9. The molecule has 0 amide bonds. The molecule has 0 aliphatic heterocycles. The smallest absolute Gasteiger partial charge is 0.324 e. The van der Waals surface area contributed by atoms with Crippen LogP contribution in [-0.2, 0) is 25.5 Å². The van der Waals surface area contributed by atoms with Crippen molar-refractivity contribution in [3.63, 3.8) is 0 Å². The molecule has 21 heteroatoms. The molecule has 0 saturated heterocycles. The van der Waals surface area contributed by atoms with Gasteiger partial charge in [0.15, 0.2) is 12.6 Å². The fourth-order valence-electron chi connectivity index (χ4n) is 5.31. The van der Waals surface area contributed by atoms with E-state index in [1.165, 1.54) is 39.1 Å². The lowest BCUT2D eigenvalue weighted by Gasteiger charge is -2.23. The fourth-order valence-corrected chi connectivity index (χ4v) is 9.85. The van der Waals surface area contributed by atoms with Crippen molar-refractivity contribution in [2.45, 2.75) is 53.2 Å². The summed E-state index contributed by atoms with van der Waals surface area (Å²) in [6, 6.07) is 23.1. The van der Waals surface area contributed by atoms with Gasteiger partial charge in [0.25, 0.3) is 0 Å². The Morgan fingerprint density at radius 1 is 0.652 bits per heavy atom. The van der Waals surface area contributed by atoms with Crippen molar-refractivity contribution >= 4 is 147 Å². The lowest BCUT2D eigenvalue weighted by Crippen LogP contribution is -2.28. The van der Waals surface area contributed by atoms with E-state index in [4.69, 9.17) is 29.9 Å². The van der Waals surface area contributed by atoms with Crippen LogP contribution in [0.1, 0.15) is 45.2 Å². The molecule has 13 nitrogen and oxygen atoms in total. The largest absolute Gasteiger partial charge is 0.353 e. The van der Waals surface area contributed by atoms with Crippen molar-refractivity contribution in [2.75, 3.05) is 26.4 Å². The highest BCUT2D eigenvalue weighted by Gasteiger charge is 2.17. The average molecular weight is 1180 g/mol. The number of ether oxygens (including phenoxy) is 4. The van der Waals surface area contributed by atoms with Crippen molar-refractivity contribution in [1.29, 1.82) is 5.26 Å². The summed E-state index contributed by atoms with van der Waals surface area (Å²) in [5.74, 6) is 0. The number of thiophene rings is 5. The Morgan fingerprint density at radius 2 is 1.15 bits per heavy atom. The van der Waals surface area contributed by atoms with Gasteiger partial charge >= 0.3 is 5.00 Å². The van der Waals surface area contributed by atoms with Gasteiger partial charge in [-0.3, -0.25) is 10.1 Å². The quantitative estimate of drug-likeness (QED) is 0.0695. The van der Waals surface area contributed by atoms with Crippen molar-refractivity contribution in [3.8, 4) is 6.07 Å². The maximum absolute atomic E-state index is 9.88. The predicted molar refractivity (Wildman–Crippen MR) is 286 cm³/mol. The molecular formula is C45H48Br3N7O6S5. The Hall–Kier alpha value is -3.73. The van der Waals surface area contributed by atoms with Crippen molar-refractivity contribution in [2.24, 2.45) is 5.73 Å². The third-order valence-electron chi connectivity index (χ3n) is 8.13. The number of pyridine rings is 4. The minimum atomic E-state index is -0.398. The van der Waals surface area contributed by atoms with Crippen LogP contribution in [0.5, 0.6) is 0 Å². The second kappa shape index (κ2) is 33.7. The highest BCUT2D eigenvalue weighted by molar-refractivity contribution is 9.93. The molecule has 0 spiro atoms. The van der Waals surface area contributed by atoms with Crippen molar-refractivity contribution in [3.05, 3.63) is 144 Å². The number of hydrogen-bond acceptors (Lipinski definition) is 17. The van der Waals surface area contributed by atoms with Crippen molar-refractivity contribution < 1.29 is 23.9 Å². The van der Waals surface area contributed by atoms with Gasteiger partial charge < -0.3 is 24.7 Å². The maximum Gasteiger partial charge on any atom is 0.324 e. The van der Waals surface area contributed by atoms with Crippen LogP contribution in [-0.4, -0.2) is 63.9 Å². The molecule has 9 rings (SSSR count). The zero-order valence-electron chi connectivity index (χ0n) is 36.3. The first-order valence-corrected chi connectivity index (χ1v) is 28.9. The molecule has 0 atom stereocenters. The van der Waals surface area contributed by atoms with Crippen LogP contribution in [0.15, 0.2) is 123 Å². The van der Waals surface area contributed by atoms with Crippen molar-refractivity contribution in [1.82, 2.24) is 19.9 Å². The summed E-state index contributed by atoms with van der Waals surface area (Å²) in [6.07, 6.45) is 7.32. The van der Waals surface area contributed by atoms with E-state index < -0.39 is 4.92 Å². The van der Waals surface area contributed by atoms with E-state index >= 15 is 0 Å². The second-order valence-corrected chi connectivity index (χ2v) is 17.6. The topological polar surface area (TPSA) is 181 Å². The van der Waals surface area contributed by atoms with Gasteiger partial charge in [-0.05, 0) is 114 Å².